The number of amides is 1. The van der Waals surface area contributed by atoms with E-state index < -0.39 is 0 Å². The molecular formula is C27H30N2O2. The third kappa shape index (κ3) is 3.92. The van der Waals surface area contributed by atoms with Gasteiger partial charge in [-0.3, -0.25) is 4.79 Å². The molecule has 2 aliphatic rings. The normalized spacial score (nSPS) is 20.0. The Kier molecular flexibility index (Phi) is 5.19. The predicted molar refractivity (Wildman–Crippen MR) is 125 cm³/mol. The van der Waals surface area contributed by atoms with Crippen LogP contribution in [-0.2, 0) is 5.54 Å². The van der Waals surface area contributed by atoms with Crippen molar-refractivity contribution in [2.75, 3.05) is 20.2 Å². The lowest BCUT2D eigenvalue weighted by Gasteiger charge is -2.22. The van der Waals surface area contributed by atoms with E-state index in [1.807, 2.05) is 25.1 Å². The van der Waals surface area contributed by atoms with Gasteiger partial charge >= 0.3 is 0 Å². The Morgan fingerprint density at radius 1 is 1.13 bits per heavy atom. The number of ether oxygens (including phenoxy) is 1. The topological polar surface area (TPSA) is 41.6 Å². The van der Waals surface area contributed by atoms with Gasteiger partial charge in [0.2, 0.25) is 0 Å². The number of rotatable bonds is 6. The lowest BCUT2D eigenvalue weighted by Crippen LogP contribution is -2.35. The second-order valence-electron chi connectivity index (χ2n) is 9.13. The average molecular weight is 415 g/mol. The van der Waals surface area contributed by atoms with E-state index in [4.69, 9.17) is 4.74 Å². The first-order chi connectivity index (χ1) is 15.1. The van der Waals surface area contributed by atoms with Crippen molar-refractivity contribution in [3.05, 3.63) is 77.4 Å². The van der Waals surface area contributed by atoms with Crippen LogP contribution in [0.25, 0.3) is 10.8 Å². The van der Waals surface area contributed by atoms with Gasteiger partial charge in [0.05, 0.1) is 5.54 Å². The number of carbonyl (C=O) groups is 1. The van der Waals surface area contributed by atoms with Crippen molar-refractivity contribution in [3.8, 4) is 5.75 Å². The number of carbonyl (C=O) groups excluding carboxylic acids is 1. The Hall–Kier alpha value is -2.85. The van der Waals surface area contributed by atoms with E-state index in [0.717, 1.165) is 30.7 Å². The summed E-state index contributed by atoms with van der Waals surface area (Å²) in [6.45, 7) is 3.79. The van der Waals surface area contributed by atoms with Gasteiger partial charge in [0, 0.05) is 11.6 Å². The zero-order valence-electron chi connectivity index (χ0n) is 18.4. The van der Waals surface area contributed by atoms with Crippen LogP contribution >= 0.6 is 0 Å². The molecule has 160 valence electrons. The molecule has 1 aliphatic heterocycles. The maximum atomic E-state index is 13.3. The summed E-state index contributed by atoms with van der Waals surface area (Å²) >= 11 is 0. The highest BCUT2D eigenvalue weighted by atomic mass is 16.5. The molecule has 1 aliphatic carbocycles. The second kappa shape index (κ2) is 8.01. The van der Waals surface area contributed by atoms with Gasteiger partial charge in [0.25, 0.3) is 5.91 Å². The van der Waals surface area contributed by atoms with Crippen LogP contribution < -0.4 is 10.1 Å². The molecule has 5 rings (SSSR count). The van der Waals surface area contributed by atoms with Gasteiger partial charge in [0.1, 0.15) is 12.4 Å². The number of fused-ring (bicyclic) bond motifs is 1. The molecule has 0 radical (unpaired) electrons. The SMILES string of the molecule is Cc1ccc(OCC2CCCN2C)cc1C(=O)NC1(c2cccc3ccccc23)CC1. The summed E-state index contributed by atoms with van der Waals surface area (Å²) in [5.74, 6) is 0.748. The number of aryl methyl sites for hydroxylation is 1. The predicted octanol–water partition coefficient (Wildman–Crippen LogP) is 5.04. The van der Waals surface area contributed by atoms with Crippen LogP contribution in [0.2, 0.25) is 0 Å². The third-order valence-electron chi connectivity index (χ3n) is 6.98. The van der Waals surface area contributed by atoms with Gasteiger partial charge < -0.3 is 15.0 Å². The molecule has 1 atom stereocenters. The minimum atomic E-state index is -0.270. The molecule has 0 bridgehead atoms. The van der Waals surface area contributed by atoms with Crippen molar-refractivity contribution in [3.63, 3.8) is 0 Å². The molecule has 1 amide bonds. The van der Waals surface area contributed by atoms with Gasteiger partial charge in [-0.15, -0.1) is 0 Å². The molecule has 1 heterocycles. The van der Waals surface area contributed by atoms with Crippen molar-refractivity contribution in [1.29, 1.82) is 0 Å². The summed E-state index contributed by atoms with van der Waals surface area (Å²) in [5, 5.41) is 5.79. The van der Waals surface area contributed by atoms with Gasteiger partial charge in [-0.05, 0) is 80.2 Å². The lowest BCUT2D eigenvalue weighted by atomic mass is 9.96. The Balaban J connectivity index is 1.35. The molecule has 2 fully saturated rings. The molecule has 3 aromatic carbocycles. The van der Waals surface area contributed by atoms with Crippen molar-refractivity contribution in [1.82, 2.24) is 10.2 Å². The van der Waals surface area contributed by atoms with E-state index in [1.165, 1.54) is 29.2 Å². The summed E-state index contributed by atoms with van der Waals surface area (Å²) in [4.78, 5) is 15.7. The smallest absolute Gasteiger partial charge is 0.252 e. The molecule has 4 heteroatoms. The minimum Gasteiger partial charge on any atom is -0.492 e. The van der Waals surface area contributed by atoms with E-state index in [0.29, 0.717) is 18.2 Å². The number of benzene rings is 3. The Morgan fingerprint density at radius 3 is 2.71 bits per heavy atom. The van der Waals surface area contributed by atoms with Crippen molar-refractivity contribution in [2.24, 2.45) is 0 Å². The highest BCUT2D eigenvalue weighted by Crippen LogP contribution is 2.48. The number of likely N-dealkylation sites (tertiary alicyclic amines) is 1. The average Bonchev–Trinajstić information content (AvgIpc) is 3.45. The van der Waals surface area contributed by atoms with Crippen LogP contribution in [0.3, 0.4) is 0 Å². The van der Waals surface area contributed by atoms with Crippen molar-refractivity contribution >= 4 is 16.7 Å². The van der Waals surface area contributed by atoms with Crippen LogP contribution in [0.1, 0.15) is 47.2 Å². The Morgan fingerprint density at radius 2 is 1.94 bits per heavy atom. The zero-order valence-corrected chi connectivity index (χ0v) is 18.4. The minimum absolute atomic E-state index is 0.0219. The molecule has 1 unspecified atom stereocenters. The molecule has 31 heavy (non-hydrogen) atoms. The van der Waals surface area contributed by atoms with Gasteiger partial charge in [-0.1, -0.05) is 48.5 Å². The van der Waals surface area contributed by atoms with Gasteiger partial charge in [-0.2, -0.15) is 0 Å². The van der Waals surface area contributed by atoms with Crippen molar-refractivity contribution < 1.29 is 9.53 Å². The first-order valence-electron chi connectivity index (χ1n) is 11.3. The fourth-order valence-electron chi connectivity index (χ4n) is 4.83. The first kappa shape index (κ1) is 20.1. The van der Waals surface area contributed by atoms with E-state index in [9.17, 15) is 4.79 Å². The monoisotopic (exact) mass is 414 g/mol. The molecule has 0 spiro atoms. The standard InChI is InChI=1S/C27H30N2O2/c1-19-12-13-22(31-18-21-9-6-16-29(21)2)17-24(19)26(30)28-27(14-15-27)25-11-5-8-20-7-3-4-10-23(20)25/h3-5,7-8,10-13,17,21H,6,9,14-16,18H2,1-2H3,(H,28,30). The Labute approximate surface area is 184 Å². The van der Waals surface area contributed by atoms with Crippen molar-refractivity contribution in [2.45, 2.75) is 44.2 Å². The van der Waals surface area contributed by atoms with E-state index in [1.54, 1.807) is 0 Å². The van der Waals surface area contributed by atoms with E-state index >= 15 is 0 Å². The molecule has 3 aromatic rings. The summed E-state index contributed by atoms with van der Waals surface area (Å²) < 4.78 is 6.07. The first-order valence-corrected chi connectivity index (χ1v) is 11.3. The Bertz CT molecular complexity index is 1110. The lowest BCUT2D eigenvalue weighted by molar-refractivity contribution is 0.0930. The summed E-state index contributed by atoms with van der Waals surface area (Å²) in [6, 6.07) is 21.1. The molecule has 0 aromatic heterocycles. The maximum Gasteiger partial charge on any atom is 0.252 e. The number of likely N-dealkylation sites (N-methyl/N-ethyl adjacent to an activating group) is 1. The van der Waals surface area contributed by atoms with Gasteiger partial charge in [-0.25, -0.2) is 0 Å². The van der Waals surface area contributed by atoms with Crippen LogP contribution in [0.15, 0.2) is 60.7 Å². The molecule has 1 saturated heterocycles. The molecule has 4 nitrogen and oxygen atoms in total. The maximum absolute atomic E-state index is 13.3. The number of nitrogens with one attached hydrogen (secondary N) is 1. The largest absolute Gasteiger partial charge is 0.492 e. The van der Waals surface area contributed by atoms with E-state index in [-0.39, 0.29) is 11.4 Å². The quantitative estimate of drug-likeness (QED) is 0.614. The second-order valence-corrected chi connectivity index (χ2v) is 9.13. The van der Waals surface area contributed by atoms with Crippen LogP contribution in [0.4, 0.5) is 0 Å². The summed E-state index contributed by atoms with van der Waals surface area (Å²) in [5.41, 5.74) is 2.61. The van der Waals surface area contributed by atoms with Gasteiger partial charge in [0.15, 0.2) is 0 Å². The van der Waals surface area contributed by atoms with Crippen LogP contribution in [0.5, 0.6) is 5.75 Å². The highest BCUT2D eigenvalue weighted by molar-refractivity contribution is 5.97. The summed E-state index contributed by atoms with van der Waals surface area (Å²) in [6.07, 6.45) is 4.33. The fraction of sp³-hybridized carbons (Fsp3) is 0.370. The van der Waals surface area contributed by atoms with E-state index in [2.05, 4.69) is 59.7 Å². The molecule has 1 N–H and O–H groups in total. The van der Waals surface area contributed by atoms with Crippen LogP contribution in [0, 0.1) is 6.92 Å². The summed E-state index contributed by atoms with van der Waals surface area (Å²) in [7, 11) is 2.15. The highest BCUT2D eigenvalue weighted by Gasteiger charge is 2.46. The zero-order chi connectivity index (χ0) is 21.4. The number of hydrogen-bond acceptors (Lipinski definition) is 3. The number of nitrogens with zero attached hydrogens (tertiary/aromatic N) is 1. The molecular weight excluding hydrogens is 384 g/mol. The number of hydrogen-bond donors (Lipinski definition) is 1. The molecule has 1 saturated carbocycles. The fourth-order valence-corrected chi connectivity index (χ4v) is 4.83. The third-order valence-corrected chi connectivity index (χ3v) is 6.98. The van der Waals surface area contributed by atoms with Crippen LogP contribution in [-0.4, -0.2) is 37.0 Å².